The Balaban J connectivity index is 2.30. The van der Waals surface area contributed by atoms with E-state index in [1.807, 2.05) is 27.7 Å². The standard InChI is InChI=1S/C31H55N5O7/c1-12-23(37)31(10)26(36(28(39)43-31)16-14-13-15-34-35-33)20(4)24(32)18(2)17-30(9,40-11)22(6)19(3)25-21(5)27(38)42-29(7,8)41-25/h18-20,22-24,26,37H,12-17,32H2,1-11H3/t18-,19-,20?,22-,23-,24?,26-,30-,31-/m1/s1. The summed E-state index contributed by atoms with van der Waals surface area (Å²) >= 11 is 0. The molecule has 0 bridgehead atoms. The minimum atomic E-state index is -1.14. The van der Waals surface area contributed by atoms with E-state index in [9.17, 15) is 14.7 Å². The molecule has 2 unspecified atom stereocenters. The number of cyclic esters (lactones) is 2. The summed E-state index contributed by atoms with van der Waals surface area (Å²) in [6.07, 6.45) is 0.924. The fourth-order valence-corrected chi connectivity index (χ4v) is 6.86. The van der Waals surface area contributed by atoms with Crippen LogP contribution >= 0.6 is 0 Å². The van der Waals surface area contributed by atoms with Crippen molar-refractivity contribution in [2.75, 3.05) is 20.2 Å². The molecule has 0 spiro atoms. The summed E-state index contributed by atoms with van der Waals surface area (Å²) in [5.74, 6) is -1.34. The van der Waals surface area contributed by atoms with Crippen molar-refractivity contribution >= 4 is 12.1 Å². The molecule has 2 aliphatic rings. The number of carbonyl (C=O) groups is 2. The lowest BCUT2D eigenvalue weighted by atomic mass is 9.70. The summed E-state index contributed by atoms with van der Waals surface area (Å²) in [5, 5.41) is 14.6. The van der Waals surface area contributed by atoms with Gasteiger partial charge in [-0.05, 0) is 69.7 Å². The molecule has 0 radical (unpaired) electrons. The maximum absolute atomic E-state index is 13.1. The summed E-state index contributed by atoms with van der Waals surface area (Å²) in [6, 6.07) is -0.833. The second kappa shape index (κ2) is 14.5. The van der Waals surface area contributed by atoms with Crippen molar-refractivity contribution in [2.24, 2.45) is 34.5 Å². The molecule has 0 aromatic carbocycles. The van der Waals surface area contributed by atoms with Crippen LogP contribution in [0.5, 0.6) is 0 Å². The molecule has 246 valence electrons. The average molecular weight is 610 g/mol. The molecule has 0 saturated carbocycles. The van der Waals surface area contributed by atoms with E-state index in [-0.39, 0.29) is 35.7 Å². The van der Waals surface area contributed by atoms with Crippen molar-refractivity contribution in [1.29, 1.82) is 0 Å². The first-order chi connectivity index (χ1) is 19.9. The molecule has 0 aromatic rings. The number of unbranched alkanes of at least 4 members (excludes halogenated alkanes) is 1. The highest BCUT2D eigenvalue weighted by Crippen LogP contribution is 2.43. The van der Waals surface area contributed by atoms with Crippen molar-refractivity contribution in [3.8, 4) is 0 Å². The van der Waals surface area contributed by atoms with Crippen LogP contribution in [0.4, 0.5) is 4.79 Å². The van der Waals surface area contributed by atoms with Gasteiger partial charge < -0.3 is 34.7 Å². The number of amides is 1. The van der Waals surface area contributed by atoms with Crippen LogP contribution in [0.2, 0.25) is 0 Å². The molecule has 1 fully saturated rings. The minimum Gasteiger partial charge on any atom is -0.456 e. The van der Waals surface area contributed by atoms with E-state index in [1.54, 1.807) is 39.7 Å². The molecular formula is C31H55N5O7. The largest absolute Gasteiger partial charge is 0.456 e. The fourth-order valence-electron chi connectivity index (χ4n) is 6.86. The number of carbonyl (C=O) groups excluding carboxylic acids is 2. The van der Waals surface area contributed by atoms with Crippen LogP contribution in [0.15, 0.2) is 16.4 Å². The number of ether oxygens (including phenoxy) is 4. The molecule has 2 rings (SSSR count). The molecule has 2 aliphatic heterocycles. The van der Waals surface area contributed by atoms with E-state index in [0.29, 0.717) is 50.1 Å². The molecule has 12 heteroatoms. The van der Waals surface area contributed by atoms with Gasteiger partial charge in [0.15, 0.2) is 5.60 Å². The maximum Gasteiger partial charge on any atom is 0.410 e. The van der Waals surface area contributed by atoms with Gasteiger partial charge in [0.25, 0.3) is 0 Å². The van der Waals surface area contributed by atoms with E-state index in [0.717, 1.165) is 0 Å². The molecule has 43 heavy (non-hydrogen) atoms. The molecule has 2 heterocycles. The summed E-state index contributed by atoms with van der Waals surface area (Å²) in [4.78, 5) is 30.1. The Bertz CT molecular complexity index is 1080. The Morgan fingerprint density at radius 2 is 1.79 bits per heavy atom. The number of allylic oxidation sites excluding steroid dienone is 1. The van der Waals surface area contributed by atoms with E-state index >= 15 is 0 Å². The molecular weight excluding hydrogens is 554 g/mol. The third kappa shape index (κ3) is 7.95. The Hall–Kier alpha value is -2.53. The van der Waals surface area contributed by atoms with Crippen molar-refractivity contribution in [1.82, 2.24) is 4.90 Å². The summed E-state index contributed by atoms with van der Waals surface area (Å²) in [5.41, 5.74) is 14.2. The Labute approximate surface area is 257 Å². The minimum absolute atomic E-state index is 0.0519. The zero-order valence-corrected chi connectivity index (χ0v) is 28.0. The number of rotatable bonds is 16. The number of hydrogen-bond acceptors (Lipinski definition) is 9. The van der Waals surface area contributed by atoms with Gasteiger partial charge in [0.05, 0.1) is 23.3 Å². The number of methoxy groups -OCH3 is 1. The predicted octanol–water partition coefficient (Wildman–Crippen LogP) is 5.68. The Kier molecular flexibility index (Phi) is 12.4. The number of nitrogens with zero attached hydrogens (tertiary/aromatic N) is 4. The topological polar surface area (TPSA) is 169 Å². The van der Waals surface area contributed by atoms with E-state index in [1.165, 1.54) is 0 Å². The van der Waals surface area contributed by atoms with Crippen molar-refractivity contribution in [2.45, 2.75) is 130 Å². The zero-order chi connectivity index (χ0) is 32.9. The van der Waals surface area contributed by atoms with Gasteiger partial charge in [0.2, 0.25) is 5.79 Å². The van der Waals surface area contributed by atoms with Gasteiger partial charge in [0, 0.05) is 50.9 Å². The van der Waals surface area contributed by atoms with E-state index in [2.05, 4.69) is 23.9 Å². The second-order valence-electron chi connectivity index (χ2n) is 13.4. The number of hydrogen-bond donors (Lipinski definition) is 2. The van der Waals surface area contributed by atoms with E-state index < -0.39 is 35.2 Å². The summed E-state index contributed by atoms with van der Waals surface area (Å²) in [7, 11) is 1.68. The number of nitrogens with two attached hydrogens (primary N) is 1. The molecule has 1 saturated heterocycles. The van der Waals surface area contributed by atoms with Crippen LogP contribution in [0.25, 0.3) is 10.4 Å². The first kappa shape index (κ1) is 36.7. The van der Waals surface area contributed by atoms with Gasteiger partial charge in [0.1, 0.15) is 5.76 Å². The smallest absolute Gasteiger partial charge is 0.410 e. The first-order valence-electron chi connectivity index (χ1n) is 15.5. The molecule has 3 N–H and O–H groups in total. The van der Waals surface area contributed by atoms with Crippen molar-refractivity contribution in [3.63, 3.8) is 0 Å². The fraction of sp³-hybridized carbons (Fsp3) is 0.871. The van der Waals surface area contributed by atoms with Crippen LogP contribution in [0.3, 0.4) is 0 Å². The molecule has 9 atom stereocenters. The highest BCUT2D eigenvalue weighted by atomic mass is 16.7. The van der Waals surface area contributed by atoms with Crippen LogP contribution in [0.1, 0.15) is 94.9 Å². The third-order valence-electron chi connectivity index (χ3n) is 9.94. The van der Waals surface area contributed by atoms with Gasteiger partial charge >= 0.3 is 12.1 Å². The van der Waals surface area contributed by atoms with Gasteiger partial charge in [-0.1, -0.05) is 39.7 Å². The number of esters is 1. The molecule has 12 nitrogen and oxygen atoms in total. The highest BCUT2D eigenvalue weighted by molar-refractivity contribution is 5.89. The van der Waals surface area contributed by atoms with Crippen LogP contribution < -0.4 is 5.73 Å². The molecule has 0 aliphatic carbocycles. The normalized spacial score (nSPS) is 27.6. The Morgan fingerprint density at radius 1 is 1.16 bits per heavy atom. The van der Waals surface area contributed by atoms with Crippen LogP contribution in [-0.2, 0) is 23.7 Å². The summed E-state index contributed by atoms with van der Waals surface area (Å²) < 4.78 is 23.5. The monoisotopic (exact) mass is 609 g/mol. The Morgan fingerprint density at radius 3 is 2.35 bits per heavy atom. The van der Waals surface area contributed by atoms with Gasteiger partial charge in [-0.25, -0.2) is 9.59 Å². The van der Waals surface area contributed by atoms with Gasteiger partial charge in [-0.2, -0.15) is 0 Å². The number of aliphatic hydroxyl groups is 1. The second-order valence-corrected chi connectivity index (χ2v) is 13.4. The van der Waals surface area contributed by atoms with Crippen molar-refractivity contribution < 1.29 is 33.6 Å². The van der Waals surface area contributed by atoms with Gasteiger partial charge in [-0.3, -0.25) is 0 Å². The zero-order valence-electron chi connectivity index (χ0n) is 28.0. The maximum atomic E-state index is 13.1. The number of azide groups is 1. The summed E-state index contributed by atoms with van der Waals surface area (Å²) in [6.45, 7) is 19.8. The average Bonchev–Trinajstić information content (AvgIpc) is 3.21. The van der Waals surface area contributed by atoms with Gasteiger partial charge in [-0.15, -0.1) is 0 Å². The first-order valence-corrected chi connectivity index (χ1v) is 15.5. The highest BCUT2D eigenvalue weighted by Gasteiger charge is 2.57. The SMILES string of the molecule is CC[C@@H](O)[C@@]1(C)OC(=O)N(CCCCN=[N+]=[N-])[C@@H]1C(C)C(N)[C@H](C)C[C@@](C)(OC)[C@H](C)[C@@H](C)C1=C(C)C(=O)OC(C)(C)O1. The van der Waals surface area contributed by atoms with Crippen LogP contribution in [-0.4, -0.2) is 77.4 Å². The lowest BCUT2D eigenvalue weighted by Gasteiger charge is -2.45. The molecule has 0 aromatic heterocycles. The van der Waals surface area contributed by atoms with E-state index in [4.69, 9.17) is 30.2 Å². The predicted molar refractivity (Wildman–Crippen MR) is 164 cm³/mol. The molecule has 1 amide bonds. The number of aliphatic hydroxyl groups excluding tert-OH is 1. The lowest BCUT2D eigenvalue weighted by molar-refractivity contribution is -0.213. The van der Waals surface area contributed by atoms with Crippen LogP contribution in [0, 0.1) is 23.7 Å². The third-order valence-corrected chi connectivity index (χ3v) is 9.94. The lowest BCUT2D eigenvalue weighted by Crippen LogP contribution is -2.59. The van der Waals surface area contributed by atoms with Crippen molar-refractivity contribution in [3.05, 3.63) is 21.8 Å². The quantitative estimate of drug-likeness (QED) is 0.0740.